The maximum atomic E-state index is 12.1. The van der Waals surface area contributed by atoms with Gasteiger partial charge in [0.25, 0.3) is 5.91 Å². The van der Waals surface area contributed by atoms with Gasteiger partial charge in [0.05, 0.1) is 5.39 Å². The first kappa shape index (κ1) is 20.7. The highest BCUT2D eigenvalue weighted by molar-refractivity contribution is 5.93. The molecular weight excluding hydrogens is 414 g/mol. The van der Waals surface area contributed by atoms with E-state index in [0.717, 1.165) is 46.8 Å². The summed E-state index contributed by atoms with van der Waals surface area (Å²) in [6.07, 6.45) is 4.27. The number of ether oxygens (including phenoxy) is 1. The predicted molar refractivity (Wildman–Crippen MR) is 125 cm³/mol. The predicted octanol–water partition coefficient (Wildman–Crippen LogP) is 4.16. The van der Waals surface area contributed by atoms with E-state index in [1.54, 1.807) is 19.4 Å². The van der Waals surface area contributed by atoms with E-state index in [4.69, 9.17) is 9.84 Å². The number of benzene rings is 2. The van der Waals surface area contributed by atoms with Gasteiger partial charge in [-0.25, -0.2) is 14.6 Å². The second kappa shape index (κ2) is 9.13. The van der Waals surface area contributed by atoms with Gasteiger partial charge in [0.15, 0.2) is 5.65 Å². The van der Waals surface area contributed by atoms with E-state index >= 15 is 0 Å². The van der Waals surface area contributed by atoms with Crippen LogP contribution in [0.25, 0.3) is 22.3 Å². The molecule has 2 aromatic heterocycles. The average Bonchev–Trinajstić information content (AvgIpc) is 3.46. The molecule has 2 aromatic carbocycles. The lowest BCUT2D eigenvalue weighted by atomic mass is 10.1. The van der Waals surface area contributed by atoms with Crippen LogP contribution in [0.15, 0.2) is 67.1 Å². The molecule has 1 atom stereocenters. The molecule has 0 spiro atoms. The number of nitrogens with zero attached hydrogens (tertiary/aromatic N) is 5. The Labute approximate surface area is 192 Å². The number of hydrogen-bond acceptors (Lipinski definition) is 5. The maximum Gasteiger partial charge on any atom is 0.298 e. The summed E-state index contributed by atoms with van der Waals surface area (Å²) in [4.78, 5) is 22.6. The normalized spacial score (nSPS) is 15.3. The van der Waals surface area contributed by atoms with Crippen LogP contribution in [-0.4, -0.2) is 43.6 Å². The van der Waals surface area contributed by atoms with Crippen molar-refractivity contribution in [3.63, 3.8) is 0 Å². The number of carbonyl (C=O) groups is 1. The first-order valence-electron chi connectivity index (χ1n) is 10.9. The number of likely N-dealkylation sites (tertiary alicyclic amines) is 1. The zero-order chi connectivity index (χ0) is 22.6. The first-order valence-corrected chi connectivity index (χ1v) is 10.9. The fourth-order valence-electron chi connectivity index (χ4n) is 4.16. The number of aromatic nitrogens is 4. The van der Waals surface area contributed by atoms with Crippen LogP contribution in [0.3, 0.4) is 0 Å². The summed E-state index contributed by atoms with van der Waals surface area (Å²) in [7, 11) is 0. The van der Waals surface area contributed by atoms with E-state index in [-0.39, 0.29) is 5.91 Å². The van der Waals surface area contributed by atoms with Gasteiger partial charge in [-0.1, -0.05) is 24.1 Å². The van der Waals surface area contributed by atoms with Crippen molar-refractivity contribution in [2.45, 2.75) is 19.9 Å². The quantitative estimate of drug-likeness (QED) is 0.439. The Morgan fingerprint density at radius 3 is 2.70 bits per heavy atom. The molecule has 0 bridgehead atoms. The number of hydrogen-bond donors (Lipinski definition) is 0. The van der Waals surface area contributed by atoms with Gasteiger partial charge in [0.1, 0.15) is 23.5 Å². The summed E-state index contributed by atoms with van der Waals surface area (Å²) < 4.78 is 7.84. The van der Waals surface area contributed by atoms with E-state index in [2.05, 4.69) is 21.8 Å². The van der Waals surface area contributed by atoms with Crippen molar-refractivity contribution in [2.75, 3.05) is 13.1 Å². The van der Waals surface area contributed by atoms with Crippen LogP contribution >= 0.6 is 0 Å². The van der Waals surface area contributed by atoms with Crippen LogP contribution < -0.4 is 4.74 Å². The van der Waals surface area contributed by atoms with Gasteiger partial charge in [-0.05, 0) is 61.6 Å². The smallest absolute Gasteiger partial charge is 0.298 e. The van der Waals surface area contributed by atoms with Crippen LogP contribution in [0.5, 0.6) is 11.5 Å². The second-order valence-electron chi connectivity index (χ2n) is 8.01. The molecule has 5 rings (SSSR count). The standard InChI is InChI=1S/C26H23N5O2/c1-2-6-24(32)30-14-13-19(16-30)17-31-26-23(15-27-18-28-26)25(29-31)20-9-11-22(12-10-20)33-21-7-4-3-5-8-21/h3-5,7-12,15,18-19H,13-14,16-17H2,1H3/t19-/m0/s1. The Kier molecular flexibility index (Phi) is 5.73. The van der Waals surface area contributed by atoms with Crippen molar-refractivity contribution < 1.29 is 9.53 Å². The van der Waals surface area contributed by atoms with Crippen LogP contribution in [0.1, 0.15) is 13.3 Å². The van der Waals surface area contributed by atoms with Crippen molar-refractivity contribution in [3.05, 3.63) is 67.1 Å². The Hall–Kier alpha value is -4.18. The number of amides is 1. The molecule has 164 valence electrons. The van der Waals surface area contributed by atoms with Crippen molar-refractivity contribution >= 4 is 16.9 Å². The van der Waals surface area contributed by atoms with E-state index in [1.165, 1.54) is 0 Å². The van der Waals surface area contributed by atoms with Gasteiger partial charge in [-0.2, -0.15) is 5.10 Å². The third-order valence-corrected chi connectivity index (χ3v) is 5.75. The van der Waals surface area contributed by atoms with Crippen molar-refractivity contribution in [1.29, 1.82) is 0 Å². The molecule has 0 N–H and O–H groups in total. The lowest BCUT2D eigenvalue weighted by molar-refractivity contribution is -0.124. The molecule has 1 aliphatic rings. The minimum absolute atomic E-state index is 0.105. The number of para-hydroxylation sites is 1. The molecule has 7 heteroatoms. The van der Waals surface area contributed by atoms with Crippen molar-refractivity contribution in [3.8, 4) is 34.6 Å². The maximum absolute atomic E-state index is 12.1. The molecule has 0 unspecified atom stereocenters. The molecule has 0 saturated carbocycles. The molecule has 1 fully saturated rings. The summed E-state index contributed by atoms with van der Waals surface area (Å²) in [5, 5.41) is 5.78. The summed E-state index contributed by atoms with van der Waals surface area (Å²) in [6, 6.07) is 17.6. The monoisotopic (exact) mass is 437 g/mol. The average molecular weight is 438 g/mol. The number of rotatable bonds is 5. The second-order valence-corrected chi connectivity index (χ2v) is 8.01. The molecule has 1 saturated heterocycles. The van der Waals surface area contributed by atoms with Gasteiger partial charge in [0, 0.05) is 31.4 Å². The molecule has 1 aliphatic heterocycles. The minimum Gasteiger partial charge on any atom is -0.457 e. The van der Waals surface area contributed by atoms with Gasteiger partial charge in [0.2, 0.25) is 0 Å². The van der Waals surface area contributed by atoms with Gasteiger partial charge < -0.3 is 9.64 Å². The summed E-state index contributed by atoms with van der Waals surface area (Å²) in [5.74, 6) is 7.07. The summed E-state index contributed by atoms with van der Waals surface area (Å²) in [6.45, 7) is 3.78. The van der Waals surface area contributed by atoms with E-state index in [1.807, 2.05) is 64.2 Å². The van der Waals surface area contributed by atoms with Crippen LogP contribution in [0, 0.1) is 17.8 Å². The molecule has 0 aliphatic carbocycles. The van der Waals surface area contributed by atoms with Gasteiger partial charge >= 0.3 is 0 Å². The largest absolute Gasteiger partial charge is 0.457 e. The fraction of sp³-hybridized carbons (Fsp3) is 0.231. The van der Waals surface area contributed by atoms with E-state index < -0.39 is 0 Å². The Balaban J connectivity index is 1.38. The Morgan fingerprint density at radius 2 is 1.91 bits per heavy atom. The third-order valence-electron chi connectivity index (χ3n) is 5.75. The lowest BCUT2D eigenvalue weighted by Crippen LogP contribution is -2.28. The highest BCUT2D eigenvalue weighted by atomic mass is 16.5. The van der Waals surface area contributed by atoms with Crippen LogP contribution in [0.4, 0.5) is 0 Å². The molecular formula is C26H23N5O2. The molecule has 7 nitrogen and oxygen atoms in total. The van der Waals surface area contributed by atoms with Gasteiger partial charge in [-0.3, -0.25) is 4.79 Å². The number of fused-ring (bicyclic) bond motifs is 1. The first-order chi connectivity index (χ1) is 16.2. The minimum atomic E-state index is -0.105. The molecule has 4 aromatic rings. The highest BCUT2D eigenvalue weighted by Gasteiger charge is 2.27. The summed E-state index contributed by atoms with van der Waals surface area (Å²) >= 11 is 0. The van der Waals surface area contributed by atoms with E-state index in [9.17, 15) is 4.79 Å². The van der Waals surface area contributed by atoms with Crippen molar-refractivity contribution in [1.82, 2.24) is 24.6 Å². The molecule has 3 heterocycles. The van der Waals surface area contributed by atoms with Crippen molar-refractivity contribution in [2.24, 2.45) is 5.92 Å². The van der Waals surface area contributed by atoms with Crippen LogP contribution in [-0.2, 0) is 11.3 Å². The Bertz CT molecular complexity index is 1340. The Morgan fingerprint density at radius 1 is 1.12 bits per heavy atom. The van der Waals surface area contributed by atoms with Crippen LogP contribution in [0.2, 0.25) is 0 Å². The van der Waals surface area contributed by atoms with Gasteiger partial charge in [-0.15, -0.1) is 0 Å². The number of carbonyl (C=O) groups excluding carboxylic acids is 1. The molecule has 1 amide bonds. The SMILES string of the molecule is CC#CC(=O)N1CC[C@H](Cn2nc(-c3ccc(Oc4ccccc4)cc3)c3cncnc32)C1. The topological polar surface area (TPSA) is 73.1 Å². The lowest BCUT2D eigenvalue weighted by Gasteiger charge is -2.13. The highest BCUT2D eigenvalue weighted by Crippen LogP contribution is 2.30. The molecule has 0 radical (unpaired) electrons. The third kappa shape index (κ3) is 4.41. The fourth-order valence-corrected chi connectivity index (χ4v) is 4.16. The summed E-state index contributed by atoms with van der Waals surface area (Å²) in [5.41, 5.74) is 2.60. The zero-order valence-electron chi connectivity index (χ0n) is 18.3. The molecule has 33 heavy (non-hydrogen) atoms. The van der Waals surface area contributed by atoms with E-state index in [0.29, 0.717) is 19.0 Å². The zero-order valence-corrected chi connectivity index (χ0v) is 18.3.